The van der Waals surface area contributed by atoms with Gasteiger partial charge in [-0.15, -0.1) is 0 Å². The van der Waals surface area contributed by atoms with Gasteiger partial charge in [0, 0.05) is 17.4 Å². The third-order valence-corrected chi connectivity index (χ3v) is 3.70. The largest absolute Gasteiger partial charge is 0.309 e. The quantitative estimate of drug-likeness (QED) is 0.748. The summed E-state index contributed by atoms with van der Waals surface area (Å²) in [6.07, 6.45) is 1.07. The molecule has 0 bridgehead atoms. The van der Waals surface area contributed by atoms with Crippen LogP contribution in [-0.2, 0) is 0 Å². The SMILES string of the molecule is CCCSCC(NCC)c1c(F)cccc1F. The molecule has 1 nitrogen and oxygen atoms in total. The van der Waals surface area contributed by atoms with Gasteiger partial charge >= 0.3 is 0 Å². The van der Waals surface area contributed by atoms with Crippen molar-refractivity contribution in [1.29, 1.82) is 0 Å². The molecule has 0 aliphatic carbocycles. The van der Waals surface area contributed by atoms with Gasteiger partial charge in [-0.05, 0) is 30.9 Å². The van der Waals surface area contributed by atoms with Gasteiger partial charge in [0.2, 0.25) is 0 Å². The summed E-state index contributed by atoms with van der Waals surface area (Å²) < 4.78 is 27.3. The van der Waals surface area contributed by atoms with Crippen LogP contribution < -0.4 is 5.32 Å². The zero-order valence-corrected chi connectivity index (χ0v) is 11.1. The van der Waals surface area contributed by atoms with E-state index in [1.54, 1.807) is 11.8 Å². The van der Waals surface area contributed by atoms with Gasteiger partial charge < -0.3 is 5.32 Å². The van der Waals surface area contributed by atoms with E-state index < -0.39 is 11.6 Å². The van der Waals surface area contributed by atoms with Crippen LogP contribution in [0.3, 0.4) is 0 Å². The van der Waals surface area contributed by atoms with E-state index in [1.807, 2.05) is 6.92 Å². The van der Waals surface area contributed by atoms with Crippen molar-refractivity contribution < 1.29 is 8.78 Å². The first-order valence-corrected chi connectivity index (χ1v) is 7.11. The molecule has 0 saturated carbocycles. The molecule has 1 aromatic carbocycles. The molecule has 0 saturated heterocycles. The lowest BCUT2D eigenvalue weighted by atomic mass is 10.1. The fourth-order valence-corrected chi connectivity index (χ4v) is 2.66. The Morgan fingerprint density at radius 3 is 2.41 bits per heavy atom. The van der Waals surface area contributed by atoms with Crippen molar-refractivity contribution in [1.82, 2.24) is 5.32 Å². The van der Waals surface area contributed by atoms with Crippen molar-refractivity contribution in [3.63, 3.8) is 0 Å². The molecule has 1 rings (SSSR count). The molecule has 0 aliphatic heterocycles. The summed E-state index contributed by atoms with van der Waals surface area (Å²) in [5.41, 5.74) is 0.165. The molecule has 0 aromatic heterocycles. The molecule has 96 valence electrons. The monoisotopic (exact) mass is 259 g/mol. The predicted octanol–water partition coefficient (Wildman–Crippen LogP) is 3.76. The van der Waals surface area contributed by atoms with Gasteiger partial charge in [0.1, 0.15) is 11.6 Å². The van der Waals surface area contributed by atoms with Crippen LogP contribution in [0.5, 0.6) is 0 Å². The smallest absolute Gasteiger partial charge is 0.130 e. The number of benzene rings is 1. The normalized spacial score (nSPS) is 12.7. The van der Waals surface area contributed by atoms with Gasteiger partial charge in [-0.2, -0.15) is 11.8 Å². The second-order valence-corrected chi connectivity index (χ2v) is 4.97. The fourth-order valence-electron chi connectivity index (χ4n) is 1.68. The van der Waals surface area contributed by atoms with E-state index in [9.17, 15) is 8.78 Å². The van der Waals surface area contributed by atoms with Crippen molar-refractivity contribution in [3.05, 3.63) is 35.4 Å². The Labute approximate surface area is 106 Å². The maximum atomic E-state index is 13.6. The van der Waals surface area contributed by atoms with Crippen LogP contribution in [0.25, 0.3) is 0 Å². The highest BCUT2D eigenvalue weighted by Crippen LogP contribution is 2.24. The van der Waals surface area contributed by atoms with Crippen LogP contribution in [-0.4, -0.2) is 18.1 Å². The lowest BCUT2D eigenvalue weighted by Crippen LogP contribution is -2.25. The van der Waals surface area contributed by atoms with Gasteiger partial charge in [0.25, 0.3) is 0 Å². The van der Waals surface area contributed by atoms with Crippen LogP contribution in [0.15, 0.2) is 18.2 Å². The zero-order valence-electron chi connectivity index (χ0n) is 10.3. The van der Waals surface area contributed by atoms with E-state index in [1.165, 1.54) is 18.2 Å². The van der Waals surface area contributed by atoms with Gasteiger partial charge in [0.15, 0.2) is 0 Å². The molecule has 1 atom stereocenters. The van der Waals surface area contributed by atoms with Crippen LogP contribution in [0.4, 0.5) is 8.78 Å². The Morgan fingerprint density at radius 2 is 1.88 bits per heavy atom. The summed E-state index contributed by atoms with van der Waals surface area (Å²) in [7, 11) is 0. The summed E-state index contributed by atoms with van der Waals surface area (Å²) in [4.78, 5) is 0. The van der Waals surface area contributed by atoms with Crippen LogP contribution in [0, 0.1) is 11.6 Å². The summed E-state index contributed by atoms with van der Waals surface area (Å²) in [6.45, 7) is 4.74. The van der Waals surface area contributed by atoms with E-state index in [0.717, 1.165) is 12.2 Å². The average molecular weight is 259 g/mol. The molecule has 17 heavy (non-hydrogen) atoms. The number of hydrogen-bond acceptors (Lipinski definition) is 2. The minimum atomic E-state index is -0.465. The molecular formula is C13H19F2NS. The Bertz CT molecular complexity index is 324. The molecule has 1 N–H and O–H groups in total. The third kappa shape index (κ3) is 4.28. The Balaban J connectivity index is 2.81. The van der Waals surface area contributed by atoms with Crippen molar-refractivity contribution >= 4 is 11.8 Å². The lowest BCUT2D eigenvalue weighted by Gasteiger charge is -2.19. The van der Waals surface area contributed by atoms with E-state index >= 15 is 0 Å². The number of hydrogen-bond donors (Lipinski definition) is 1. The first kappa shape index (κ1) is 14.5. The minimum absolute atomic E-state index is 0.165. The first-order valence-electron chi connectivity index (χ1n) is 5.95. The highest BCUT2D eigenvalue weighted by molar-refractivity contribution is 7.99. The number of thioether (sulfide) groups is 1. The van der Waals surface area contributed by atoms with Gasteiger partial charge in [-0.1, -0.05) is 19.9 Å². The predicted molar refractivity (Wildman–Crippen MR) is 70.4 cm³/mol. The second kappa shape index (κ2) is 7.67. The summed E-state index contributed by atoms with van der Waals surface area (Å²) in [6, 6.07) is 3.77. The molecule has 0 aliphatic rings. The van der Waals surface area contributed by atoms with Crippen LogP contribution in [0.1, 0.15) is 31.9 Å². The number of rotatable bonds is 7. The molecule has 4 heteroatoms. The maximum Gasteiger partial charge on any atom is 0.130 e. The minimum Gasteiger partial charge on any atom is -0.309 e. The van der Waals surface area contributed by atoms with Gasteiger partial charge in [0.05, 0.1) is 0 Å². The van der Waals surface area contributed by atoms with Crippen molar-refractivity contribution in [2.24, 2.45) is 0 Å². The number of halogens is 2. The molecule has 0 amide bonds. The van der Waals surface area contributed by atoms with Crippen molar-refractivity contribution in [2.45, 2.75) is 26.3 Å². The topological polar surface area (TPSA) is 12.0 Å². The molecule has 0 heterocycles. The van der Waals surface area contributed by atoms with Crippen LogP contribution in [0.2, 0.25) is 0 Å². The second-order valence-electron chi connectivity index (χ2n) is 3.82. The molecule has 0 fully saturated rings. The van der Waals surface area contributed by atoms with E-state index in [2.05, 4.69) is 12.2 Å². The van der Waals surface area contributed by atoms with E-state index in [0.29, 0.717) is 12.3 Å². The number of nitrogens with one attached hydrogen (secondary N) is 1. The summed E-state index contributed by atoms with van der Waals surface area (Å²) in [5.74, 6) is 0.776. The van der Waals surface area contributed by atoms with Crippen molar-refractivity contribution in [3.8, 4) is 0 Å². The molecule has 1 unspecified atom stereocenters. The Kier molecular flexibility index (Phi) is 6.52. The maximum absolute atomic E-state index is 13.6. The van der Waals surface area contributed by atoms with Crippen LogP contribution >= 0.6 is 11.8 Å². The lowest BCUT2D eigenvalue weighted by molar-refractivity contribution is 0.500. The van der Waals surface area contributed by atoms with Crippen molar-refractivity contribution in [2.75, 3.05) is 18.1 Å². The summed E-state index contributed by atoms with van der Waals surface area (Å²) in [5, 5.41) is 3.14. The van der Waals surface area contributed by atoms with E-state index in [-0.39, 0.29) is 11.6 Å². The standard InChI is InChI=1S/C13H19F2NS/c1-3-8-17-9-12(16-4-2)13-10(14)6-5-7-11(13)15/h5-7,12,16H,3-4,8-9H2,1-2H3. The Morgan fingerprint density at radius 1 is 1.24 bits per heavy atom. The molecular weight excluding hydrogens is 240 g/mol. The summed E-state index contributed by atoms with van der Waals surface area (Å²) >= 11 is 1.72. The highest BCUT2D eigenvalue weighted by atomic mass is 32.2. The molecule has 0 spiro atoms. The first-order chi connectivity index (χ1) is 8.20. The third-order valence-electron chi connectivity index (χ3n) is 2.43. The Hall–Kier alpha value is -0.610. The average Bonchev–Trinajstić information content (AvgIpc) is 2.29. The van der Waals surface area contributed by atoms with Gasteiger partial charge in [-0.3, -0.25) is 0 Å². The molecule has 1 aromatic rings. The fraction of sp³-hybridized carbons (Fsp3) is 0.538. The zero-order chi connectivity index (χ0) is 12.7. The van der Waals surface area contributed by atoms with E-state index in [4.69, 9.17) is 0 Å². The molecule has 0 radical (unpaired) electrons. The highest BCUT2D eigenvalue weighted by Gasteiger charge is 2.18. The van der Waals surface area contributed by atoms with Gasteiger partial charge in [-0.25, -0.2) is 8.78 Å².